The lowest BCUT2D eigenvalue weighted by molar-refractivity contribution is 0.296. The van der Waals surface area contributed by atoms with Crippen molar-refractivity contribution in [2.75, 3.05) is 12.0 Å². The van der Waals surface area contributed by atoms with Gasteiger partial charge in [-0.3, -0.25) is 0 Å². The molecule has 3 N–H and O–H groups in total. The number of aliphatic hydroxyl groups is 1. The topological polar surface area (TPSA) is 90.6 Å². The van der Waals surface area contributed by atoms with E-state index < -0.39 is 0 Å². The van der Waals surface area contributed by atoms with Gasteiger partial charge in [0, 0.05) is 18.6 Å². The lowest BCUT2D eigenvalue weighted by Gasteiger charge is -2.07. The Morgan fingerprint density at radius 2 is 2.00 bits per heavy atom. The lowest BCUT2D eigenvalue weighted by atomic mass is 10.2. The standard InChI is InChI=1S/C14H16N4O2/c1-10-12(7-8-19)13(20)17-14(16-10)18-15-9-11-5-3-2-4-6-11/h2-6,9,19H,7-8H2,1H3,(H2,16,17,18,20)/b15-9+. The van der Waals surface area contributed by atoms with E-state index in [2.05, 4.69) is 20.5 Å². The SMILES string of the molecule is Cc1nc(N/N=C/c2ccccc2)nc(O)c1CCO. The van der Waals surface area contributed by atoms with Gasteiger partial charge in [0.15, 0.2) is 0 Å². The van der Waals surface area contributed by atoms with Gasteiger partial charge in [0.2, 0.25) is 11.8 Å². The van der Waals surface area contributed by atoms with Gasteiger partial charge in [-0.2, -0.15) is 10.1 Å². The maximum Gasteiger partial charge on any atom is 0.247 e. The quantitative estimate of drug-likeness (QED) is 0.566. The number of benzene rings is 1. The van der Waals surface area contributed by atoms with Gasteiger partial charge in [-0.1, -0.05) is 30.3 Å². The Balaban J connectivity index is 2.09. The van der Waals surface area contributed by atoms with Crippen LogP contribution < -0.4 is 5.43 Å². The predicted octanol–water partition coefficient (Wildman–Crippen LogP) is 1.47. The van der Waals surface area contributed by atoms with Gasteiger partial charge in [-0.25, -0.2) is 10.4 Å². The molecule has 0 atom stereocenters. The third-order valence-electron chi connectivity index (χ3n) is 2.73. The number of anilines is 1. The van der Waals surface area contributed by atoms with E-state index in [1.165, 1.54) is 0 Å². The zero-order valence-corrected chi connectivity index (χ0v) is 11.1. The Bertz CT molecular complexity index is 576. The molecule has 0 saturated heterocycles. The first-order valence-electron chi connectivity index (χ1n) is 6.22. The van der Waals surface area contributed by atoms with Crippen LogP contribution in [0.2, 0.25) is 0 Å². The summed E-state index contributed by atoms with van der Waals surface area (Å²) in [4.78, 5) is 8.07. The van der Waals surface area contributed by atoms with Crippen LogP contribution in [0.4, 0.5) is 5.95 Å². The van der Waals surface area contributed by atoms with Gasteiger partial charge >= 0.3 is 0 Å². The Kier molecular flexibility index (Phi) is 4.62. The minimum atomic E-state index is -0.135. The number of nitrogens with one attached hydrogen (secondary N) is 1. The van der Waals surface area contributed by atoms with Crippen molar-refractivity contribution in [2.24, 2.45) is 5.10 Å². The molecular weight excluding hydrogens is 256 g/mol. The molecule has 20 heavy (non-hydrogen) atoms. The van der Waals surface area contributed by atoms with Crippen molar-refractivity contribution in [1.82, 2.24) is 9.97 Å². The largest absolute Gasteiger partial charge is 0.493 e. The van der Waals surface area contributed by atoms with E-state index in [4.69, 9.17) is 5.11 Å². The van der Waals surface area contributed by atoms with Crippen LogP contribution in [0.1, 0.15) is 16.8 Å². The van der Waals surface area contributed by atoms with E-state index in [1.807, 2.05) is 30.3 Å². The second kappa shape index (κ2) is 6.63. The van der Waals surface area contributed by atoms with Crippen molar-refractivity contribution in [2.45, 2.75) is 13.3 Å². The van der Waals surface area contributed by atoms with Crippen molar-refractivity contribution < 1.29 is 10.2 Å². The van der Waals surface area contributed by atoms with Crippen LogP contribution in [0.15, 0.2) is 35.4 Å². The minimum absolute atomic E-state index is 0.0588. The van der Waals surface area contributed by atoms with Gasteiger partial charge in [-0.15, -0.1) is 0 Å². The molecule has 0 spiro atoms. The number of aromatic hydroxyl groups is 1. The molecule has 2 aromatic rings. The van der Waals surface area contributed by atoms with Crippen molar-refractivity contribution in [3.05, 3.63) is 47.2 Å². The molecule has 0 aliphatic rings. The summed E-state index contributed by atoms with van der Waals surface area (Å²) in [5.41, 5.74) is 4.77. The summed E-state index contributed by atoms with van der Waals surface area (Å²) >= 11 is 0. The van der Waals surface area contributed by atoms with Crippen LogP contribution in [0.3, 0.4) is 0 Å². The Hall–Kier alpha value is -2.47. The maximum atomic E-state index is 9.77. The maximum absolute atomic E-state index is 9.77. The highest BCUT2D eigenvalue weighted by Crippen LogP contribution is 2.19. The number of hydrogen-bond acceptors (Lipinski definition) is 6. The summed E-state index contributed by atoms with van der Waals surface area (Å²) in [6, 6.07) is 9.59. The van der Waals surface area contributed by atoms with Crippen molar-refractivity contribution in [1.29, 1.82) is 0 Å². The minimum Gasteiger partial charge on any atom is -0.493 e. The first kappa shape index (κ1) is 14.0. The highest BCUT2D eigenvalue weighted by atomic mass is 16.3. The van der Waals surface area contributed by atoms with Gasteiger partial charge < -0.3 is 10.2 Å². The smallest absolute Gasteiger partial charge is 0.247 e. The molecule has 0 amide bonds. The summed E-state index contributed by atoms with van der Waals surface area (Å²) in [5.74, 6) is 0.0813. The fraction of sp³-hybridized carbons (Fsp3) is 0.214. The average molecular weight is 272 g/mol. The zero-order chi connectivity index (χ0) is 14.4. The summed E-state index contributed by atoms with van der Waals surface area (Å²) in [6.45, 7) is 1.69. The van der Waals surface area contributed by atoms with Crippen LogP contribution in [-0.2, 0) is 6.42 Å². The first-order chi connectivity index (χ1) is 9.70. The number of nitrogens with zero attached hydrogens (tertiary/aromatic N) is 3. The summed E-state index contributed by atoms with van der Waals surface area (Å²) in [6.07, 6.45) is 1.96. The molecule has 0 unspecified atom stereocenters. The number of hydrogen-bond donors (Lipinski definition) is 3. The third-order valence-corrected chi connectivity index (χ3v) is 2.73. The van der Waals surface area contributed by atoms with Crippen molar-refractivity contribution in [3.8, 4) is 5.88 Å². The van der Waals surface area contributed by atoms with Gasteiger partial charge in [0.1, 0.15) is 0 Å². The lowest BCUT2D eigenvalue weighted by Crippen LogP contribution is -2.04. The number of hydrazone groups is 1. The second-order valence-electron chi connectivity index (χ2n) is 4.19. The van der Waals surface area contributed by atoms with E-state index in [0.29, 0.717) is 17.7 Å². The first-order valence-corrected chi connectivity index (χ1v) is 6.22. The van der Waals surface area contributed by atoms with E-state index in [9.17, 15) is 5.11 Å². The molecule has 6 heteroatoms. The fourth-order valence-corrected chi connectivity index (χ4v) is 1.74. The summed E-state index contributed by atoms with van der Waals surface area (Å²) in [7, 11) is 0. The molecule has 1 aromatic heterocycles. The van der Waals surface area contributed by atoms with Crippen LogP contribution in [0.5, 0.6) is 5.88 Å². The van der Waals surface area contributed by atoms with Crippen LogP contribution in [0.25, 0.3) is 0 Å². The number of aromatic nitrogens is 2. The van der Waals surface area contributed by atoms with Gasteiger partial charge in [-0.05, 0) is 12.5 Å². The molecule has 0 fully saturated rings. The Labute approximate surface area is 116 Å². The second-order valence-corrected chi connectivity index (χ2v) is 4.19. The molecule has 0 radical (unpaired) electrons. The van der Waals surface area contributed by atoms with Gasteiger partial charge in [0.25, 0.3) is 0 Å². The molecule has 1 heterocycles. The molecule has 104 valence electrons. The van der Waals surface area contributed by atoms with Crippen LogP contribution >= 0.6 is 0 Å². The Morgan fingerprint density at radius 1 is 1.25 bits per heavy atom. The molecule has 1 aromatic carbocycles. The van der Waals surface area contributed by atoms with Crippen LogP contribution in [0, 0.1) is 6.92 Å². The van der Waals surface area contributed by atoms with Gasteiger partial charge in [0.05, 0.1) is 11.9 Å². The van der Waals surface area contributed by atoms with Crippen molar-refractivity contribution in [3.63, 3.8) is 0 Å². The highest BCUT2D eigenvalue weighted by molar-refractivity contribution is 5.79. The summed E-state index contributed by atoms with van der Waals surface area (Å²) in [5, 5.41) is 22.7. The van der Waals surface area contributed by atoms with Crippen molar-refractivity contribution >= 4 is 12.2 Å². The van der Waals surface area contributed by atoms with E-state index in [1.54, 1.807) is 13.1 Å². The van der Waals surface area contributed by atoms with E-state index >= 15 is 0 Å². The number of aryl methyl sites for hydroxylation is 1. The normalized spacial score (nSPS) is 10.9. The van der Waals surface area contributed by atoms with E-state index in [0.717, 1.165) is 5.56 Å². The van der Waals surface area contributed by atoms with E-state index in [-0.39, 0.29) is 18.4 Å². The predicted molar refractivity (Wildman–Crippen MR) is 76.9 cm³/mol. The third kappa shape index (κ3) is 3.52. The molecule has 6 nitrogen and oxygen atoms in total. The molecular formula is C14H16N4O2. The fourth-order valence-electron chi connectivity index (χ4n) is 1.74. The molecule has 2 rings (SSSR count). The molecule has 0 bridgehead atoms. The molecule has 0 saturated carbocycles. The number of aliphatic hydroxyl groups excluding tert-OH is 1. The highest BCUT2D eigenvalue weighted by Gasteiger charge is 2.09. The Morgan fingerprint density at radius 3 is 2.65 bits per heavy atom. The zero-order valence-electron chi connectivity index (χ0n) is 11.1. The monoisotopic (exact) mass is 272 g/mol. The van der Waals surface area contributed by atoms with Crippen LogP contribution in [-0.4, -0.2) is 33.0 Å². The molecule has 0 aliphatic carbocycles. The molecule has 0 aliphatic heterocycles. The average Bonchev–Trinajstić information content (AvgIpc) is 2.44. The summed E-state index contributed by atoms with van der Waals surface area (Å²) < 4.78 is 0. The number of rotatable bonds is 5.